The van der Waals surface area contributed by atoms with Gasteiger partial charge < -0.3 is 4.90 Å². The largest absolute Gasteiger partial charge is 0.336 e. The van der Waals surface area contributed by atoms with Crippen molar-refractivity contribution in [1.29, 1.82) is 0 Å². The maximum atomic E-state index is 13.0. The summed E-state index contributed by atoms with van der Waals surface area (Å²) in [6, 6.07) is 13.3. The molecule has 4 heterocycles. The van der Waals surface area contributed by atoms with Crippen LogP contribution in [0.1, 0.15) is 36.8 Å². The van der Waals surface area contributed by atoms with Gasteiger partial charge in [-0.25, -0.2) is 0 Å². The summed E-state index contributed by atoms with van der Waals surface area (Å²) in [5.74, 6) is 0.916. The number of benzene rings is 1. The first-order valence-corrected chi connectivity index (χ1v) is 10.3. The van der Waals surface area contributed by atoms with Gasteiger partial charge in [0, 0.05) is 42.3 Å². The third kappa shape index (κ3) is 3.28. The third-order valence-electron chi connectivity index (χ3n) is 6.48. The van der Waals surface area contributed by atoms with Crippen LogP contribution >= 0.6 is 0 Å². The van der Waals surface area contributed by atoms with Crippen LogP contribution in [0.2, 0.25) is 0 Å². The molecule has 2 atom stereocenters. The Bertz CT molecular complexity index is 968. The van der Waals surface area contributed by atoms with Crippen molar-refractivity contribution in [1.82, 2.24) is 14.9 Å². The van der Waals surface area contributed by atoms with Crippen molar-refractivity contribution in [2.24, 2.45) is 5.92 Å². The summed E-state index contributed by atoms with van der Waals surface area (Å²) in [4.78, 5) is 23.6. The average Bonchev–Trinajstić information content (AvgIpc) is 3.00. The smallest absolute Gasteiger partial charge is 0.227 e. The molecule has 1 aromatic carbocycles. The molecular weight excluding hydrogens is 346 g/mol. The molecule has 2 aliphatic heterocycles. The minimum atomic E-state index is 0.272. The minimum absolute atomic E-state index is 0.272. The first-order chi connectivity index (χ1) is 13.8. The van der Waals surface area contributed by atoms with Crippen molar-refractivity contribution in [3.05, 3.63) is 72.3 Å². The number of piperidine rings is 1. The van der Waals surface area contributed by atoms with Crippen LogP contribution in [0.25, 0.3) is 10.8 Å². The summed E-state index contributed by atoms with van der Waals surface area (Å²) in [6.45, 7) is 0. The quantitative estimate of drug-likeness (QED) is 0.691. The van der Waals surface area contributed by atoms with Crippen LogP contribution in [0.15, 0.2) is 61.2 Å². The zero-order chi connectivity index (χ0) is 18.9. The lowest BCUT2D eigenvalue weighted by Gasteiger charge is -2.39. The van der Waals surface area contributed by atoms with Gasteiger partial charge in [-0.15, -0.1) is 0 Å². The van der Waals surface area contributed by atoms with Crippen LogP contribution in [0, 0.1) is 5.92 Å². The predicted octanol–water partition coefficient (Wildman–Crippen LogP) is 4.18. The monoisotopic (exact) mass is 371 g/mol. The molecule has 2 bridgehead atoms. The molecule has 2 unspecified atom stereocenters. The van der Waals surface area contributed by atoms with Gasteiger partial charge in [-0.2, -0.15) is 0 Å². The van der Waals surface area contributed by atoms with Gasteiger partial charge >= 0.3 is 0 Å². The molecule has 0 saturated carbocycles. The highest BCUT2D eigenvalue weighted by atomic mass is 16.2. The van der Waals surface area contributed by atoms with Gasteiger partial charge in [-0.05, 0) is 66.7 Å². The Kier molecular flexibility index (Phi) is 4.55. The SMILES string of the molecule is O=C(Cc1cccnc1)N1C2CCC1CC(Cc1cccc3ccncc13)C2. The van der Waals surface area contributed by atoms with Crippen LogP contribution in [0.3, 0.4) is 0 Å². The van der Waals surface area contributed by atoms with Crippen LogP contribution in [0.4, 0.5) is 0 Å². The van der Waals surface area contributed by atoms with Gasteiger partial charge in [0.1, 0.15) is 0 Å². The molecule has 4 nitrogen and oxygen atoms in total. The molecule has 4 heteroatoms. The fraction of sp³-hybridized carbons (Fsp3) is 0.375. The Morgan fingerprint density at radius 1 is 0.964 bits per heavy atom. The number of fused-ring (bicyclic) bond motifs is 3. The van der Waals surface area contributed by atoms with Crippen molar-refractivity contribution in [2.45, 2.75) is 50.6 Å². The van der Waals surface area contributed by atoms with Crippen molar-refractivity contribution >= 4 is 16.7 Å². The number of pyridine rings is 2. The summed E-state index contributed by atoms with van der Waals surface area (Å²) in [7, 11) is 0. The number of amides is 1. The molecule has 0 radical (unpaired) electrons. The van der Waals surface area contributed by atoms with E-state index in [9.17, 15) is 4.79 Å². The van der Waals surface area contributed by atoms with Gasteiger partial charge in [-0.1, -0.05) is 24.3 Å². The van der Waals surface area contributed by atoms with Crippen LogP contribution in [-0.2, 0) is 17.6 Å². The normalized spacial score (nSPS) is 23.9. The molecule has 3 aromatic rings. The van der Waals surface area contributed by atoms with Gasteiger partial charge in [0.05, 0.1) is 6.42 Å². The maximum absolute atomic E-state index is 13.0. The van der Waals surface area contributed by atoms with Crippen molar-refractivity contribution in [3.63, 3.8) is 0 Å². The second kappa shape index (κ2) is 7.34. The van der Waals surface area contributed by atoms with E-state index in [1.165, 1.54) is 16.3 Å². The minimum Gasteiger partial charge on any atom is -0.336 e. The Labute approximate surface area is 165 Å². The highest BCUT2D eigenvalue weighted by Crippen LogP contribution is 2.40. The molecule has 0 aliphatic carbocycles. The molecule has 2 fully saturated rings. The van der Waals surface area contributed by atoms with Gasteiger partial charge in [0.2, 0.25) is 5.91 Å². The van der Waals surface area contributed by atoms with Gasteiger partial charge in [0.15, 0.2) is 0 Å². The number of nitrogens with zero attached hydrogens (tertiary/aromatic N) is 3. The molecule has 0 spiro atoms. The summed E-state index contributed by atoms with van der Waals surface area (Å²) < 4.78 is 0. The summed E-state index contributed by atoms with van der Waals surface area (Å²) in [5, 5.41) is 2.53. The zero-order valence-corrected chi connectivity index (χ0v) is 16.0. The predicted molar refractivity (Wildman–Crippen MR) is 110 cm³/mol. The van der Waals surface area contributed by atoms with Crippen LogP contribution in [0.5, 0.6) is 0 Å². The number of carbonyl (C=O) groups is 1. The van der Waals surface area contributed by atoms with Gasteiger partial charge in [-0.3, -0.25) is 14.8 Å². The van der Waals surface area contributed by atoms with Crippen LogP contribution < -0.4 is 0 Å². The van der Waals surface area contributed by atoms with E-state index in [4.69, 9.17) is 0 Å². The third-order valence-corrected chi connectivity index (χ3v) is 6.48. The Morgan fingerprint density at radius 3 is 2.57 bits per heavy atom. The number of aromatic nitrogens is 2. The van der Waals surface area contributed by atoms with Crippen molar-refractivity contribution in [2.75, 3.05) is 0 Å². The number of hydrogen-bond donors (Lipinski definition) is 0. The molecule has 2 saturated heterocycles. The van der Waals surface area contributed by atoms with E-state index in [0.717, 1.165) is 37.7 Å². The van der Waals surface area contributed by atoms with E-state index in [0.29, 0.717) is 24.4 Å². The lowest BCUT2D eigenvalue weighted by atomic mass is 9.84. The molecule has 2 aliphatic rings. The maximum Gasteiger partial charge on any atom is 0.227 e. The number of hydrogen-bond acceptors (Lipinski definition) is 3. The van der Waals surface area contributed by atoms with E-state index in [2.05, 4.69) is 39.1 Å². The molecule has 1 amide bonds. The van der Waals surface area contributed by atoms with E-state index in [-0.39, 0.29) is 5.91 Å². The molecule has 2 aromatic heterocycles. The molecule has 142 valence electrons. The second-order valence-electron chi connectivity index (χ2n) is 8.28. The highest BCUT2D eigenvalue weighted by Gasteiger charge is 2.42. The van der Waals surface area contributed by atoms with E-state index in [1.54, 1.807) is 12.4 Å². The molecule has 28 heavy (non-hydrogen) atoms. The summed E-state index contributed by atoms with van der Waals surface area (Å²) in [5.41, 5.74) is 2.41. The Hall–Kier alpha value is -2.75. The standard InChI is InChI=1S/C24H25N3O/c28-24(14-17-3-2-9-25-15-17)27-21-6-7-22(27)13-18(12-21)11-20-5-1-4-19-8-10-26-16-23(19)20/h1-5,8-10,15-16,18,21-22H,6-7,11-14H2. The molecule has 0 N–H and O–H groups in total. The highest BCUT2D eigenvalue weighted by molar-refractivity contribution is 5.84. The van der Waals surface area contributed by atoms with Crippen molar-refractivity contribution < 1.29 is 4.79 Å². The first-order valence-electron chi connectivity index (χ1n) is 10.3. The molecule has 5 rings (SSSR count). The first kappa shape index (κ1) is 17.4. The van der Waals surface area contributed by atoms with E-state index < -0.39 is 0 Å². The topological polar surface area (TPSA) is 46.1 Å². The van der Waals surface area contributed by atoms with E-state index in [1.807, 2.05) is 24.5 Å². The number of rotatable bonds is 4. The fourth-order valence-electron chi connectivity index (χ4n) is 5.30. The van der Waals surface area contributed by atoms with Gasteiger partial charge in [0.25, 0.3) is 0 Å². The zero-order valence-electron chi connectivity index (χ0n) is 16.0. The lowest BCUT2D eigenvalue weighted by molar-refractivity contribution is -0.135. The lowest BCUT2D eigenvalue weighted by Crippen LogP contribution is -2.47. The summed E-state index contributed by atoms with van der Waals surface area (Å²) in [6.07, 6.45) is 13.5. The Morgan fingerprint density at radius 2 is 1.79 bits per heavy atom. The van der Waals surface area contributed by atoms with Crippen LogP contribution in [-0.4, -0.2) is 32.9 Å². The molecular formula is C24H25N3O. The second-order valence-corrected chi connectivity index (χ2v) is 8.28. The van der Waals surface area contributed by atoms with Crippen molar-refractivity contribution in [3.8, 4) is 0 Å². The summed E-state index contributed by atoms with van der Waals surface area (Å²) >= 11 is 0. The average molecular weight is 371 g/mol. The Balaban J connectivity index is 1.29. The van der Waals surface area contributed by atoms with E-state index >= 15 is 0 Å². The number of carbonyl (C=O) groups excluding carboxylic acids is 1. The fourth-order valence-corrected chi connectivity index (χ4v) is 5.30.